The highest BCUT2D eigenvalue weighted by Gasteiger charge is 2.26. The Morgan fingerprint density at radius 2 is 1.92 bits per heavy atom. The number of nitrogens with zero attached hydrogens (tertiary/aromatic N) is 1. The van der Waals surface area contributed by atoms with Crippen molar-refractivity contribution in [1.82, 2.24) is 10.6 Å². The lowest BCUT2D eigenvalue weighted by Gasteiger charge is -2.26. The second kappa shape index (κ2) is 10.1. The average molecular weight is 359 g/mol. The number of hydrogen-bond acceptors (Lipinski definition) is 4. The van der Waals surface area contributed by atoms with E-state index < -0.39 is 6.04 Å². The van der Waals surface area contributed by atoms with Crippen molar-refractivity contribution in [3.8, 4) is 6.07 Å². The van der Waals surface area contributed by atoms with E-state index in [9.17, 15) is 9.59 Å². The standard InChI is InChI=1S/C19H25N3O2S/c1-25-16-9-7-15(8-10-16)18(23)22-17(19(24)21-12-11-20)13-14-5-3-2-4-6-14/h7-10,14,17H,2-6,12-13H2,1H3,(H,21,24)(H,22,23)/t17-/m1/s1. The van der Waals surface area contributed by atoms with Gasteiger partial charge in [-0.05, 0) is 42.9 Å². The van der Waals surface area contributed by atoms with Gasteiger partial charge >= 0.3 is 0 Å². The van der Waals surface area contributed by atoms with Crippen molar-refractivity contribution < 1.29 is 9.59 Å². The molecule has 6 heteroatoms. The molecular weight excluding hydrogens is 334 g/mol. The van der Waals surface area contributed by atoms with Crippen molar-refractivity contribution in [2.24, 2.45) is 5.92 Å². The van der Waals surface area contributed by atoms with E-state index in [4.69, 9.17) is 5.26 Å². The molecule has 0 spiro atoms. The fraction of sp³-hybridized carbons (Fsp3) is 0.526. The molecule has 5 nitrogen and oxygen atoms in total. The lowest BCUT2D eigenvalue weighted by molar-refractivity contribution is -0.123. The Balaban J connectivity index is 2.03. The van der Waals surface area contributed by atoms with Crippen LogP contribution in [0.3, 0.4) is 0 Å². The number of nitrogens with one attached hydrogen (secondary N) is 2. The van der Waals surface area contributed by atoms with Crippen molar-refractivity contribution in [2.75, 3.05) is 12.8 Å². The molecule has 0 aliphatic heterocycles. The Bertz CT molecular complexity index is 619. The van der Waals surface area contributed by atoms with Gasteiger partial charge in [-0.25, -0.2) is 0 Å². The molecule has 0 saturated heterocycles. The largest absolute Gasteiger partial charge is 0.341 e. The molecule has 1 saturated carbocycles. The van der Waals surface area contributed by atoms with Crippen molar-refractivity contribution in [3.05, 3.63) is 29.8 Å². The molecule has 2 rings (SSSR count). The summed E-state index contributed by atoms with van der Waals surface area (Å²) in [6.45, 7) is -0.0434. The van der Waals surface area contributed by atoms with Gasteiger partial charge in [-0.3, -0.25) is 9.59 Å². The van der Waals surface area contributed by atoms with Gasteiger partial charge in [0.15, 0.2) is 0 Å². The molecule has 2 N–H and O–H groups in total. The fourth-order valence-electron chi connectivity index (χ4n) is 3.22. The SMILES string of the molecule is CSc1ccc(C(=O)N[C@H](CC2CCCCC2)C(=O)NCC#N)cc1. The maximum absolute atomic E-state index is 12.5. The Labute approximate surface area is 153 Å². The number of amides is 2. The summed E-state index contributed by atoms with van der Waals surface area (Å²) in [5.74, 6) is -0.0764. The third-order valence-corrected chi connectivity index (χ3v) is 5.35. The number of rotatable bonds is 7. The van der Waals surface area contributed by atoms with E-state index in [1.165, 1.54) is 19.3 Å². The second-order valence-electron chi connectivity index (χ2n) is 6.37. The molecule has 1 aromatic carbocycles. The van der Waals surface area contributed by atoms with Gasteiger partial charge in [0, 0.05) is 10.5 Å². The van der Waals surface area contributed by atoms with Crippen molar-refractivity contribution in [3.63, 3.8) is 0 Å². The average Bonchev–Trinajstić information content (AvgIpc) is 2.66. The van der Waals surface area contributed by atoms with E-state index >= 15 is 0 Å². The minimum absolute atomic E-state index is 0.0434. The zero-order valence-electron chi connectivity index (χ0n) is 14.6. The zero-order valence-corrected chi connectivity index (χ0v) is 15.4. The van der Waals surface area contributed by atoms with Gasteiger partial charge in [0.1, 0.15) is 12.6 Å². The number of thioether (sulfide) groups is 1. The molecule has 1 atom stereocenters. The van der Waals surface area contributed by atoms with Gasteiger partial charge in [-0.15, -0.1) is 11.8 Å². The van der Waals surface area contributed by atoms with E-state index in [-0.39, 0.29) is 18.4 Å². The maximum atomic E-state index is 12.5. The summed E-state index contributed by atoms with van der Waals surface area (Å²) >= 11 is 1.61. The summed E-state index contributed by atoms with van der Waals surface area (Å²) in [5, 5.41) is 14.1. The number of carbonyl (C=O) groups is 2. The normalized spacial score (nSPS) is 15.8. The van der Waals surface area contributed by atoms with Gasteiger partial charge in [0.05, 0.1) is 6.07 Å². The van der Waals surface area contributed by atoms with Crippen LogP contribution in [0.2, 0.25) is 0 Å². The molecule has 0 bridgehead atoms. The van der Waals surface area contributed by atoms with Crippen molar-refractivity contribution >= 4 is 23.6 Å². The number of hydrogen-bond donors (Lipinski definition) is 2. The summed E-state index contributed by atoms with van der Waals surface area (Å²) in [7, 11) is 0. The van der Waals surface area contributed by atoms with Crippen LogP contribution in [0.15, 0.2) is 29.2 Å². The molecule has 0 unspecified atom stereocenters. The molecule has 1 aliphatic carbocycles. The molecule has 25 heavy (non-hydrogen) atoms. The first-order valence-electron chi connectivity index (χ1n) is 8.73. The lowest BCUT2D eigenvalue weighted by atomic mass is 9.84. The van der Waals surface area contributed by atoms with Crippen LogP contribution in [-0.4, -0.2) is 30.7 Å². The van der Waals surface area contributed by atoms with Crippen LogP contribution in [-0.2, 0) is 4.79 Å². The summed E-state index contributed by atoms with van der Waals surface area (Å²) in [4.78, 5) is 26.0. The highest BCUT2D eigenvalue weighted by molar-refractivity contribution is 7.98. The first-order chi connectivity index (χ1) is 12.1. The molecule has 0 radical (unpaired) electrons. The zero-order chi connectivity index (χ0) is 18.1. The van der Waals surface area contributed by atoms with Crippen molar-refractivity contribution in [1.29, 1.82) is 5.26 Å². The van der Waals surface area contributed by atoms with Crippen LogP contribution >= 0.6 is 11.8 Å². The smallest absolute Gasteiger partial charge is 0.251 e. The van der Waals surface area contributed by atoms with Crippen molar-refractivity contribution in [2.45, 2.75) is 49.5 Å². The number of carbonyl (C=O) groups excluding carboxylic acids is 2. The summed E-state index contributed by atoms with van der Waals surface area (Å²) in [6, 6.07) is 8.64. The van der Waals surface area contributed by atoms with Gasteiger partial charge in [0.25, 0.3) is 5.91 Å². The van der Waals surface area contributed by atoms with E-state index in [0.717, 1.165) is 17.7 Å². The third kappa shape index (κ3) is 6.09. The predicted octanol–water partition coefficient (Wildman–Crippen LogP) is 3.12. The van der Waals surface area contributed by atoms with E-state index in [2.05, 4.69) is 10.6 Å². The Morgan fingerprint density at radius 3 is 2.52 bits per heavy atom. The molecule has 1 aromatic rings. The molecular formula is C19H25N3O2S. The third-order valence-electron chi connectivity index (χ3n) is 4.61. The Morgan fingerprint density at radius 1 is 1.24 bits per heavy atom. The van der Waals surface area contributed by atoms with E-state index in [1.54, 1.807) is 23.9 Å². The van der Waals surface area contributed by atoms with Crippen LogP contribution in [0.25, 0.3) is 0 Å². The quantitative estimate of drug-likeness (QED) is 0.579. The lowest BCUT2D eigenvalue weighted by Crippen LogP contribution is -2.48. The van der Waals surface area contributed by atoms with Gasteiger partial charge in [-0.2, -0.15) is 5.26 Å². The summed E-state index contributed by atoms with van der Waals surface area (Å²) < 4.78 is 0. The summed E-state index contributed by atoms with van der Waals surface area (Å²) in [6.07, 6.45) is 8.42. The second-order valence-corrected chi connectivity index (χ2v) is 7.25. The first kappa shape index (κ1) is 19.3. The molecule has 0 heterocycles. The van der Waals surface area contributed by atoms with Crippen LogP contribution in [0.4, 0.5) is 0 Å². The predicted molar refractivity (Wildman–Crippen MR) is 99.3 cm³/mol. The maximum Gasteiger partial charge on any atom is 0.251 e. The van der Waals surface area contributed by atoms with E-state index in [1.807, 2.05) is 24.5 Å². The molecule has 134 valence electrons. The van der Waals surface area contributed by atoms with Crippen LogP contribution in [0.1, 0.15) is 48.9 Å². The Hall–Kier alpha value is -2.00. The number of benzene rings is 1. The van der Waals surface area contributed by atoms with Gasteiger partial charge < -0.3 is 10.6 Å². The fourth-order valence-corrected chi connectivity index (χ4v) is 3.63. The van der Waals surface area contributed by atoms with E-state index in [0.29, 0.717) is 17.9 Å². The number of nitriles is 1. The van der Waals surface area contributed by atoms with Gasteiger partial charge in [-0.1, -0.05) is 32.1 Å². The minimum atomic E-state index is -0.593. The van der Waals surface area contributed by atoms with Crippen LogP contribution in [0.5, 0.6) is 0 Å². The van der Waals surface area contributed by atoms with Crippen LogP contribution in [0, 0.1) is 17.2 Å². The molecule has 2 amide bonds. The highest BCUT2D eigenvalue weighted by atomic mass is 32.2. The molecule has 1 aliphatic rings. The highest BCUT2D eigenvalue weighted by Crippen LogP contribution is 2.27. The minimum Gasteiger partial charge on any atom is -0.341 e. The monoisotopic (exact) mass is 359 g/mol. The topological polar surface area (TPSA) is 82.0 Å². The van der Waals surface area contributed by atoms with Crippen LogP contribution < -0.4 is 10.6 Å². The van der Waals surface area contributed by atoms with Gasteiger partial charge in [0.2, 0.25) is 5.91 Å². The molecule has 1 fully saturated rings. The summed E-state index contributed by atoms with van der Waals surface area (Å²) in [5.41, 5.74) is 0.541. The first-order valence-corrected chi connectivity index (χ1v) is 9.96. The molecule has 0 aromatic heterocycles. The Kier molecular flexibility index (Phi) is 7.80.